The van der Waals surface area contributed by atoms with E-state index in [0.717, 1.165) is 25.2 Å². The molecule has 0 unspecified atom stereocenters. The number of rotatable bonds is 9. The van der Waals surface area contributed by atoms with Crippen molar-refractivity contribution < 1.29 is 29.6 Å². The summed E-state index contributed by atoms with van der Waals surface area (Å²) in [7, 11) is 0. The zero-order chi connectivity index (χ0) is 28.3. The van der Waals surface area contributed by atoms with Gasteiger partial charge in [-0.2, -0.15) is 0 Å². The number of hydrogen-bond donors (Lipinski definition) is 4. The number of aliphatic carboxylic acids is 1. The van der Waals surface area contributed by atoms with Crippen LogP contribution in [-0.2, 0) is 16.1 Å². The van der Waals surface area contributed by atoms with E-state index in [-0.39, 0.29) is 40.4 Å². The van der Waals surface area contributed by atoms with Crippen molar-refractivity contribution in [3.05, 3.63) is 53.2 Å². The second-order valence-electron chi connectivity index (χ2n) is 10.4. The molecule has 1 amide bonds. The summed E-state index contributed by atoms with van der Waals surface area (Å²) in [5.74, 6) is -2.57. The minimum absolute atomic E-state index is 0.0547. The van der Waals surface area contributed by atoms with Gasteiger partial charge in [0.2, 0.25) is 0 Å². The quantitative estimate of drug-likeness (QED) is 0.323. The summed E-state index contributed by atoms with van der Waals surface area (Å²) >= 11 is 0. The first-order valence-electron chi connectivity index (χ1n) is 13.0. The highest BCUT2D eigenvalue weighted by atomic mass is 16.5. The van der Waals surface area contributed by atoms with Gasteiger partial charge in [-0.3, -0.25) is 9.69 Å². The van der Waals surface area contributed by atoms with Crippen LogP contribution in [0, 0.1) is 5.92 Å². The first-order chi connectivity index (χ1) is 18.6. The second kappa shape index (κ2) is 11.8. The van der Waals surface area contributed by atoms with Gasteiger partial charge in [0, 0.05) is 31.3 Å². The van der Waals surface area contributed by atoms with Gasteiger partial charge in [0.25, 0.3) is 5.91 Å². The molecule has 11 heteroatoms. The number of benzene rings is 2. The molecule has 0 bridgehead atoms. The largest absolute Gasteiger partial charge is 0.508 e. The van der Waals surface area contributed by atoms with Gasteiger partial charge < -0.3 is 25.4 Å². The maximum Gasteiger partial charge on any atom is 0.326 e. The summed E-state index contributed by atoms with van der Waals surface area (Å²) in [6.45, 7) is 11.1. The first-order valence-corrected chi connectivity index (χ1v) is 13.0. The fourth-order valence-electron chi connectivity index (χ4n) is 4.59. The number of nitrogens with zero attached hydrogens (tertiary/aromatic N) is 4. The van der Waals surface area contributed by atoms with Crippen molar-refractivity contribution in [2.75, 3.05) is 26.3 Å². The Labute approximate surface area is 227 Å². The fourth-order valence-corrected chi connectivity index (χ4v) is 4.59. The molecule has 1 saturated heterocycles. The highest BCUT2D eigenvalue weighted by Gasteiger charge is 2.29. The molecule has 0 spiro atoms. The predicted molar refractivity (Wildman–Crippen MR) is 144 cm³/mol. The minimum atomic E-state index is -1.16. The molecular weight excluding hydrogens is 502 g/mol. The molecule has 1 aliphatic heterocycles. The van der Waals surface area contributed by atoms with E-state index >= 15 is 0 Å². The smallest absolute Gasteiger partial charge is 0.326 e. The van der Waals surface area contributed by atoms with Gasteiger partial charge in [0.1, 0.15) is 28.9 Å². The van der Waals surface area contributed by atoms with Crippen LogP contribution in [-0.4, -0.2) is 79.4 Å². The summed E-state index contributed by atoms with van der Waals surface area (Å²) in [6, 6.07) is 9.32. The summed E-state index contributed by atoms with van der Waals surface area (Å²) in [5.41, 5.74) is 2.70. The van der Waals surface area contributed by atoms with Crippen LogP contribution in [0.5, 0.6) is 11.5 Å². The number of carboxylic acid groups (broad SMARTS) is 1. The molecular formula is C28H35N5O6. The second-order valence-corrected chi connectivity index (χ2v) is 10.4. The Morgan fingerprint density at radius 1 is 1.03 bits per heavy atom. The molecule has 4 rings (SSSR count). The topological polar surface area (TPSA) is 150 Å². The zero-order valence-electron chi connectivity index (χ0n) is 22.6. The normalized spacial score (nSPS) is 15.0. The molecule has 208 valence electrons. The lowest BCUT2D eigenvalue weighted by Gasteiger charge is -2.26. The number of aromatic hydroxyl groups is 2. The van der Waals surface area contributed by atoms with Crippen molar-refractivity contribution in [2.24, 2.45) is 5.92 Å². The van der Waals surface area contributed by atoms with Gasteiger partial charge in [-0.05, 0) is 29.0 Å². The lowest BCUT2D eigenvalue weighted by molar-refractivity contribution is -0.140. The lowest BCUT2D eigenvalue weighted by atomic mass is 10.0. The van der Waals surface area contributed by atoms with E-state index < -0.39 is 17.9 Å². The number of phenolic OH excluding ortho intramolecular Hbond substituents is 2. The van der Waals surface area contributed by atoms with Crippen LogP contribution in [0.4, 0.5) is 0 Å². The molecule has 1 aliphatic rings. The number of carbonyl (C=O) groups excluding carboxylic acids is 1. The molecule has 11 nitrogen and oxygen atoms in total. The van der Waals surface area contributed by atoms with Gasteiger partial charge >= 0.3 is 5.97 Å². The number of hydrogen-bond acceptors (Lipinski definition) is 8. The molecule has 0 aliphatic carbocycles. The number of carbonyl (C=O) groups is 2. The van der Waals surface area contributed by atoms with Crippen LogP contribution < -0.4 is 5.32 Å². The summed E-state index contributed by atoms with van der Waals surface area (Å²) < 4.78 is 6.77. The van der Waals surface area contributed by atoms with E-state index in [4.69, 9.17) is 4.74 Å². The summed E-state index contributed by atoms with van der Waals surface area (Å²) in [4.78, 5) is 27.4. The fraction of sp³-hybridized carbons (Fsp3) is 0.429. The number of morpholine rings is 1. The molecule has 1 atom stereocenters. The summed E-state index contributed by atoms with van der Waals surface area (Å²) in [5, 5.41) is 41.5. The van der Waals surface area contributed by atoms with E-state index in [1.165, 1.54) is 10.7 Å². The number of nitrogens with one attached hydrogen (secondary N) is 1. The van der Waals surface area contributed by atoms with Gasteiger partial charge in [-0.25, -0.2) is 9.48 Å². The molecule has 4 N–H and O–H groups in total. The van der Waals surface area contributed by atoms with Crippen molar-refractivity contribution >= 4 is 11.9 Å². The Bertz CT molecular complexity index is 1330. The van der Waals surface area contributed by atoms with E-state index in [2.05, 4.69) is 20.5 Å². The lowest BCUT2D eigenvalue weighted by Crippen LogP contribution is -2.44. The van der Waals surface area contributed by atoms with Gasteiger partial charge in [-0.15, -0.1) is 5.10 Å². The van der Waals surface area contributed by atoms with Crippen LogP contribution in [0.25, 0.3) is 16.9 Å². The molecule has 2 heterocycles. The van der Waals surface area contributed by atoms with Crippen molar-refractivity contribution in [1.82, 2.24) is 25.2 Å². The third kappa shape index (κ3) is 6.21. The predicted octanol–water partition coefficient (Wildman–Crippen LogP) is 3.14. The molecule has 39 heavy (non-hydrogen) atoms. The number of amides is 1. The first kappa shape index (κ1) is 28.1. The Morgan fingerprint density at radius 2 is 1.69 bits per heavy atom. The van der Waals surface area contributed by atoms with Crippen LogP contribution in [0.2, 0.25) is 0 Å². The third-order valence-corrected chi connectivity index (χ3v) is 6.82. The molecule has 1 fully saturated rings. The van der Waals surface area contributed by atoms with Crippen LogP contribution in [0.15, 0.2) is 36.4 Å². The monoisotopic (exact) mass is 537 g/mol. The number of phenols is 2. The van der Waals surface area contributed by atoms with Crippen LogP contribution in [0.3, 0.4) is 0 Å². The Kier molecular flexibility index (Phi) is 8.51. The highest BCUT2D eigenvalue weighted by molar-refractivity contribution is 6.00. The zero-order valence-corrected chi connectivity index (χ0v) is 22.6. The average Bonchev–Trinajstić information content (AvgIpc) is 3.32. The van der Waals surface area contributed by atoms with E-state index in [0.29, 0.717) is 24.3 Å². The van der Waals surface area contributed by atoms with Crippen molar-refractivity contribution in [1.29, 1.82) is 0 Å². The number of ether oxygens (including phenoxy) is 1. The maximum absolute atomic E-state index is 13.3. The Morgan fingerprint density at radius 3 is 2.28 bits per heavy atom. The van der Waals surface area contributed by atoms with E-state index in [1.807, 2.05) is 38.1 Å². The average molecular weight is 538 g/mol. The SMILES string of the molecule is CC(C)c1cc(-n2nnc(C(=O)N[C@H](C(=O)O)C(C)C)c2-c2ccc(CN3CCOCC3)cc2)c(O)cc1O. The molecule has 0 saturated carbocycles. The van der Waals surface area contributed by atoms with Crippen molar-refractivity contribution in [2.45, 2.75) is 46.2 Å². The Balaban J connectivity index is 1.78. The number of aromatic nitrogens is 3. The van der Waals surface area contributed by atoms with Crippen LogP contribution >= 0.6 is 0 Å². The molecule has 2 aromatic carbocycles. The molecule has 0 radical (unpaired) electrons. The minimum Gasteiger partial charge on any atom is -0.508 e. The third-order valence-electron chi connectivity index (χ3n) is 6.82. The van der Waals surface area contributed by atoms with Gasteiger partial charge in [0.05, 0.1) is 13.2 Å². The number of carboxylic acids is 1. The molecule has 3 aromatic rings. The van der Waals surface area contributed by atoms with Gasteiger partial charge in [0.15, 0.2) is 5.69 Å². The van der Waals surface area contributed by atoms with Crippen LogP contribution in [0.1, 0.15) is 55.2 Å². The highest BCUT2D eigenvalue weighted by Crippen LogP contribution is 2.36. The summed E-state index contributed by atoms with van der Waals surface area (Å²) in [6.07, 6.45) is 0. The Hall–Kier alpha value is -3.96. The van der Waals surface area contributed by atoms with Gasteiger partial charge in [-0.1, -0.05) is 57.2 Å². The van der Waals surface area contributed by atoms with Crippen molar-refractivity contribution in [3.8, 4) is 28.4 Å². The van der Waals surface area contributed by atoms with Crippen molar-refractivity contribution in [3.63, 3.8) is 0 Å². The van der Waals surface area contributed by atoms with E-state index in [1.54, 1.807) is 19.9 Å². The van der Waals surface area contributed by atoms with E-state index in [9.17, 15) is 24.9 Å². The maximum atomic E-state index is 13.3. The molecule has 1 aromatic heterocycles. The standard InChI is InChI=1S/C28H35N5O6/c1-16(2)20-13-21(23(35)14-22(20)34)33-26(25(30-31-33)27(36)29-24(17(3)4)28(37)38)19-7-5-18(6-8-19)15-32-9-11-39-12-10-32/h5-8,13-14,16-17,24,34-35H,9-12,15H2,1-4H3,(H,29,36)(H,37,38)/t24-/m0/s1.